The zero-order valence-corrected chi connectivity index (χ0v) is 19.4. The number of amidine groups is 1. The van der Waals surface area contributed by atoms with Gasteiger partial charge in [0, 0.05) is 46.0 Å². The van der Waals surface area contributed by atoms with Crippen LogP contribution in [0.1, 0.15) is 11.1 Å². The monoisotopic (exact) mass is 460 g/mol. The molecular weight excluding hydrogens is 432 g/mol. The minimum Gasteiger partial charge on any atom is -0.401 e. The molecule has 0 bridgehead atoms. The molecule has 0 aliphatic heterocycles. The first kappa shape index (κ1) is 23.3. The first-order valence-corrected chi connectivity index (χ1v) is 11.2. The Labute approximate surface area is 205 Å². The summed E-state index contributed by atoms with van der Waals surface area (Å²) in [6.07, 6.45) is 10.8. The van der Waals surface area contributed by atoms with Gasteiger partial charge in [0.2, 0.25) is 0 Å². The molecule has 0 amide bonds. The Balaban J connectivity index is 1.76. The van der Waals surface area contributed by atoms with Crippen LogP contribution in [0.4, 0.5) is 5.69 Å². The van der Waals surface area contributed by atoms with Crippen molar-refractivity contribution in [1.29, 1.82) is 0 Å². The molecule has 2 heterocycles. The Kier molecular flexibility index (Phi) is 7.23. The van der Waals surface area contributed by atoms with Gasteiger partial charge in [0.05, 0.1) is 6.54 Å². The van der Waals surface area contributed by atoms with Gasteiger partial charge in [-0.3, -0.25) is 4.99 Å². The van der Waals surface area contributed by atoms with Gasteiger partial charge in [-0.15, -0.1) is 0 Å². The van der Waals surface area contributed by atoms with E-state index in [1.165, 1.54) is 0 Å². The topological polar surface area (TPSA) is 105 Å². The number of hydrogen-bond acceptors (Lipinski definition) is 4. The Morgan fingerprint density at radius 1 is 1.09 bits per heavy atom. The van der Waals surface area contributed by atoms with Crippen LogP contribution in [-0.2, 0) is 0 Å². The highest BCUT2D eigenvalue weighted by molar-refractivity contribution is 6.11. The van der Waals surface area contributed by atoms with Gasteiger partial charge in [-0.2, -0.15) is 0 Å². The van der Waals surface area contributed by atoms with E-state index in [0.717, 1.165) is 33.3 Å². The summed E-state index contributed by atoms with van der Waals surface area (Å²) in [5.41, 5.74) is 19.0. The number of fused-ring (bicyclic) bond motifs is 1. The van der Waals surface area contributed by atoms with Gasteiger partial charge in [0.1, 0.15) is 11.5 Å². The number of allylic oxidation sites excluding steroid dienone is 4. The van der Waals surface area contributed by atoms with E-state index in [4.69, 9.17) is 16.5 Å². The number of rotatable bonds is 8. The molecule has 4 rings (SSSR count). The summed E-state index contributed by atoms with van der Waals surface area (Å²) in [5, 5.41) is 4.38. The molecule has 6 N–H and O–H groups in total. The number of pyridine rings is 1. The third-order valence-corrected chi connectivity index (χ3v) is 5.41. The fraction of sp³-hybridized carbons (Fsp3) is 0.0345. The summed E-state index contributed by atoms with van der Waals surface area (Å²) in [6.45, 7) is 8.19. The van der Waals surface area contributed by atoms with Crippen LogP contribution in [0.25, 0.3) is 27.9 Å². The van der Waals surface area contributed by atoms with Gasteiger partial charge in [-0.25, -0.2) is 4.98 Å². The summed E-state index contributed by atoms with van der Waals surface area (Å²) < 4.78 is 0. The Morgan fingerprint density at radius 3 is 2.71 bits per heavy atom. The average Bonchev–Trinajstić information content (AvgIpc) is 3.35. The standard InChI is InChI=1S/C29H28N6/c1-3-4-6-12-24(30)19-34-29(35-20(2)23-17-22-15-16-32-28(22)33-18-23)27-25(13-9-14-26(27)31)21-10-7-5-8-11-21/h3-18H,1-2,19,30-31H2,(H,32,33)(H,34,35)/b6-4-,24-12-. The smallest absolute Gasteiger partial charge is 0.137 e. The minimum atomic E-state index is 0.273. The van der Waals surface area contributed by atoms with Crippen molar-refractivity contribution in [3.05, 3.63) is 127 Å². The number of benzene rings is 2. The quantitative estimate of drug-likeness (QED) is 0.122. The van der Waals surface area contributed by atoms with E-state index in [9.17, 15) is 0 Å². The van der Waals surface area contributed by atoms with Crippen LogP contribution in [0, 0.1) is 0 Å². The lowest BCUT2D eigenvalue weighted by Crippen LogP contribution is -2.25. The zero-order chi connectivity index (χ0) is 24.6. The van der Waals surface area contributed by atoms with Gasteiger partial charge >= 0.3 is 0 Å². The SMILES string of the molecule is C=C/C=C\C=C(/N)CN=C(NC(=C)c1cnc2[nH]ccc2c1)c1c(N)cccc1-c1ccccc1. The number of H-pyrrole nitrogens is 1. The van der Waals surface area contributed by atoms with Crippen LogP contribution in [-0.4, -0.2) is 22.3 Å². The van der Waals surface area contributed by atoms with E-state index in [0.29, 0.717) is 22.9 Å². The van der Waals surface area contributed by atoms with Crippen LogP contribution >= 0.6 is 0 Å². The number of nitrogens with two attached hydrogens (primary N) is 2. The van der Waals surface area contributed by atoms with E-state index in [1.807, 2.05) is 79.0 Å². The van der Waals surface area contributed by atoms with E-state index < -0.39 is 0 Å². The lowest BCUT2D eigenvalue weighted by molar-refractivity contribution is 1.08. The molecule has 6 nitrogen and oxygen atoms in total. The van der Waals surface area contributed by atoms with Crippen molar-refractivity contribution in [1.82, 2.24) is 15.3 Å². The molecule has 0 aliphatic rings. The summed E-state index contributed by atoms with van der Waals surface area (Å²) >= 11 is 0. The van der Waals surface area contributed by atoms with Gasteiger partial charge in [0.15, 0.2) is 0 Å². The molecule has 174 valence electrons. The maximum atomic E-state index is 6.50. The number of aromatic nitrogens is 2. The molecule has 0 aliphatic carbocycles. The molecule has 0 atom stereocenters. The van der Waals surface area contributed by atoms with Crippen molar-refractivity contribution in [2.24, 2.45) is 10.7 Å². The molecule has 6 heteroatoms. The first-order chi connectivity index (χ1) is 17.1. The Morgan fingerprint density at radius 2 is 1.91 bits per heavy atom. The molecule has 0 fully saturated rings. The molecule has 0 radical (unpaired) electrons. The maximum Gasteiger partial charge on any atom is 0.137 e. The fourth-order valence-corrected chi connectivity index (χ4v) is 3.67. The van der Waals surface area contributed by atoms with Crippen LogP contribution in [0.5, 0.6) is 0 Å². The lowest BCUT2D eigenvalue weighted by atomic mass is 9.97. The fourth-order valence-electron chi connectivity index (χ4n) is 3.67. The second-order valence-electron chi connectivity index (χ2n) is 7.91. The zero-order valence-electron chi connectivity index (χ0n) is 19.4. The number of anilines is 1. The predicted octanol–water partition coefficient (Wildman–Crippen LogP) is 5.40. The molecule has 0 unspecified atom stereocenters. The van der Waals surface area contributed by atoms with Crippen molar-refractivity contribution in [2.45, 2.75) is 0 Å². The molecule has 35 heavy (non-hydrogen) atoms. The number of nitrogens with zero attached hydrogens (tertiary/aromatic N) is 2. The van der Waals surface area contributed by atoms with Crippen LogP contribution in [0.15, 0.2) is 121 Å². The number of hydrogen-bond donors (Lipinski definition) is 4. The van der Waals surface area contributed by atoms with Crippen LogP contribution < -0.4 is 16.8 Å². The minimum absolute atomic E-state index is 0.273. The van der Waals surface area contributed by atoms with Crippen molar-refractivity contribution in [3.8, 4) is 11.1 Å². The number of aliphatic imine (C=N–C) groups is 1. The van der Waals surface area contributed by atoms with Crippen LogP contribution in [0.2, 0.25) is 0 Å². The highest BCUT2D eigenvalue weighted by Crippen LogP contribution is 2.29. The Bertz CT molecular complexity index is 1440. The summed E-state index contributed by atoms with van der Waals surface area (Å²) in [7, 11) is 0. The summed E-state index contributed by atoms with van der Waals surface area (Å²) in [6, 6.07) is 19.9. The van der Waals surface area contributed by atoms with Gasteiger partial charge in [-0.1, -0.05) is 73.9 Å². The molecule has 0 saturated heterocycles. The van der Waals surface area contributed by atoms with Crippen molar-refractivity contribution >= 4 is 28.3 Å². The van der Waals surface area contributed by atoms with Gasteiger partial charge in [0.25, 0.3) is 0 Å². The largest absolute Gasteiger partial charge is 0.401 e. The van der Waals surface area contributed by atoms with Gasteiger partial charge < -0.3 is 21.8 Å². The van der Waals surface area contributed by atoms with E-state index in [1.54, 1.807) is 18.3 Å². The van der Waals surface area contributed by atoms with Crippen molar-refractivity contribution in [2.75, 3.05) is 12.3 Å². The van der Waals surface area contributed by atoms with E-state index in [-0.39, 0.29) is 6.54 Å². The van der Waals surface area contributed by atoms with Crippen molar-refractivity contribution in [3.63, 3.8) is 0 Å². The van der Waals surface area contributed by atoms with Crippen LogP contribution in [0.3, 0.4) is 0 Å². The van der Waals surface area contributed by atoms with Gasteiger partial charge in [-0.05, 0) is 35.4 Å². The first-order valence-electron chi connectivity index (χ1n) is 11.2. The number of nitrogen functional groups attached to an aromatic ring is 1. The highest BCUT2D eigenvalue weighted by atomic mass is 15.0. The van der Waals surface area contributed by atoms with E-state index >= 15 is 0 Å². The number of nitrogens with one attached hydrogen (secondary N) is 2. The second-order valence-corrected chi connectivity index (χ2v) is 7.91. The summed E-state index contributed by atoms with van der Waals surface area (Å²) in [4.78, 5) is 12.4. The Hall–Kier alpha value is -4.84. The maximum absolute atomic E-state index is 6.50. The van der Waals surface area contributed by atoms with Crippen molar-refractivity contribution < 1.29 is 0 Å². The third-order valence-electron chi connectivity index (χ3n) is 5.41. The molecular formula is C29H28N6. The molecule has 0 saturated carbocycles. The number of aromatic amines is 1. The van der Waals surface area contributed by atoms with E-state index in [2.05, 4.69) is 28.4 Å². The molecule has 2 aromatic carbocycles. The summed E-state index contributed by atoms with van der Waals surface area (Å²) in [5.74, 6) is 0.574. The third kappa shape index (κ3) is 5.57. The predicted molar refractivity (Wildman–Crippen MR) is 148 cm³/mol. The normalized spacial score (nSPS) is 12.2. The molecule has 0 spiro atoms. The molecule has 2 aromatic heterocycles. The lowest BCUT2D eigenvalue weighted by Gasteiger charge is -2.18. The second kappa shape index (κ2) is 10.9. The molecule has 4 aromatic rings. The average molecular weight is 461 g/mol. The highest BCUT2D eigenvalue weighted by Gasteiger charge is 2.16.